The Bertz CT molecular complexity index is 338. The average Bonchev–Trinajstić information content (AvgIpc) is 2.85. The second-order valence-electron chi connectivity index (χ2n) is 4.00. The van der Waals surface area contributed by atoms with Crippen LogP contribution in [0.1, 0.15) is 31.6 Å². The molecule has 4 nitrogen and oxygen atoms in total. The molecule has 0 amide bonds. The molecule has 17 heavy (non-hydrogen) atoms. The monoisotopic (exact) mass is 255 g/mol. The highest BCUT2D eigenvalue weighted by Gasteiger charge is 2.17. The Morgan fingerprint density at radius 3 is 2.82 bits per heavy atom. The Hall–Kier alpha value is -1.07. The van der Waals surface area contributed by atoms with E-state index in [9.17, 15) is 0 Å². The van der Waals surface area contributed by atoms with Crippen LogP contribution in [0.15, 0.2) is 22.7 Å². The van der Waals surface area contributed by atoms with E-state index in [1.165, 1.54) is 4.88 Å². The van der Waals surface area contributed by atoms with Gasteiger partial charge in [-0.05, 0) is 24.4 Å². The second-order valence-corrected chi connectivity index (χ2v) is 5.03. The van der Waals surface area contributed by atoms with Crippen LogP contribution in [0.2, 0.25) is 0 Å². The lowest BCUT2D eigenvalue weighted by molar-refractivity contribution is 0.196. The fourth-order valence-corrected chi connectivity index (χ4v) is 2.65. The summed E-state index contributed by atoms with van der Waals surface area (Å²) in [5, 5.41) is 13.8. The highest BCUT2D eigenvalue weighted by atomic mass is 32.1. The lowest BCUT2D eigenvalue weighted by Gasteiger charge is -2.29. The van der Waals surface area contributed by atoms with Crippen molar-refractivity contribution in [2.45, 2.75) is 39.3 Å². The Morgan fingerprint density at radius 2 is 2.35 bits per heavy atom. The third-order valence-corrected chi connectivity index (χ3v) is 3.77. The maximum Gasteiger partial charge on any atom is 0.140 e. The maximum atomic E-state index is 8.64. The van der Waals surface area contributed by atoms with Crippen molar-refractivity contribution >= 4 is 17.2 Å². The van der Waals surface area contributed by atoms with Gasteiger partial charge in [0.15, 0.2) is 0 Å². The van der Waals surface area contributed by atoms with Crippen LogP contribution in [0.3, 0.4) is 0 Å². The molecule has 96 valence electrons. The van der Waals surface area contributed by atoms with Crippen molar-refractivity contribution in [2.75, 3.05) is 6.54 Å². The van der Waals surface area contributed by atoms with Gasteiger partial charge in [0.2, 0.25) is 0 Å². The fourth-order valence-electron chi connectivity index (χ4n) is 1.92. The van der Waals surface area contributed by atoms with Crippen LogP contribution in [0.25, 0.3) is 0 Å². The summed E-state index contributed by atoms with van der Waals surface area (Å²) >= 11 is 1.77. The number of amidine groups is 1. The normalized spacial score (nSPS) is 14.2. The summed E-state index contributed by atoms with van der Waals surface area (Å²) in [7, 11) is 0. The zero-order valence-electron chi connectivity index (χ0n) is 10.5. The topological polar surface area (TPSA) is 61.9 Å². The molecule has 1 unspecified atom stereocenters. The molecule has 0 aliphatic heterocycles. The first-order valence-electron chi connectivity index (χ1n) is 5.94. The van der Waals surface area contributed by atoms with Crippen LogP contribution in [0, 0.1) is 0 Å². The van der Waals surface area contributed by atoms with Gasteiger partial charge in [-0.15, -0.1) is 11.3 Å². The molecule has 0 aromatic carbocycles. The molecule has 0 saturated heterocycles. The van der Waals surface area contributed by atoms with Crippen LogP contribution in [0.5, 0.6) is 0 Å². The van der Waals surface area contributed by atoms with Crippen LogP contribution >= 0.6 is 11.3 Å². The van der Waals surface area contributed by atoms with E-state index in [-0.39, 0.29) is 0 Å². The predicted octanol–water partition coefficient (Wildman–Crippen LogP) is 2.49. The van der Waals surface area contributed by atoms with Gasteiger partial charge in [-0.2, -0.15) is 0 Å². The summed E-state index contributed by atoms with van der Waals surface area (Å²) in [5.41, 5.74) is 5.59. The lowest BCUT2D eigenvalue weighted by atomic mass is 10.1. The lowest BCUT2D eigenvalue weighted by Crippen LogP contribution is -2.37. The molecule has 1 aromatic heterocycles. The van der Waals surface area contributed by atoms with Gasteiger partial charge in [0.05, 0.1) is 0 Å². The van der Waals surface area contributed by atoms with Gasteiger partial charge < -0.3 is 10.9 Å². The van der Waals surface area contributed by atoms with E-state index in [1.807, 2.05) is 0 Å². The molecule has 0 bridgehead atoms. The first-order chi connectivity index (χ1) is 8.21. The number of thiophene rings is 1. The zero-order valence-corrected chi connectivity index (χ0v) is 11.3. The van der Waals surface area contributed by atoms with Gasteiger partial charge >= 0.3 is 0 Å². The Balaban J connectivity index is 2.63. The number of hydrogen-bond acceptors (Lipinski definition) is 4. The van der Waals surface area contributed by atoms with Crippen molar-refractivity contribution < 1.29 is 5.21 Å². The fraction of sp³-hybridized carbons (Fsp3) is 0.583. The van der Waals surface area contributed by atoms with Gasteiger partial charge in [-0.25, -0.2) is 0 Å². The van der Waals surface area contributed by atoms with Crippen LogP contribution < -0.4 is 5.73 Å². The van der Waals surface area contributed by atoms with E-state index in [0.29, 0.717) is 18.3 Å². The van der Waals surface area contributed by atoms with E-state index >= 15 is 0 Å². The molecule has 5 heteroatoms. The van der Waals surface area contributed by atoms with Gasteiger partial charge in [0, 0.05) is 23.9 Å². The summed E-state index contributed by atoms with van der Waals surface area (Å²) in [4.78, 5) is 3.72. The van der Waals surface area contributed by atoms with Crippen molar-refractivity contribution in [3.8, 4) is 0 Å². The largest absolute Gasteiger partial charge is 0.409 e. The third kappa shape index (κ3) is 4.36. The highest BCUT2D eigenvalue weighted by molar-refractivity contribution is 7.09. The number of hydrogen-bond donors (Lipinski definition) is 2. The molecule has 1 atom stereocenters. The number of nitrogens with two attached hydrogens (primary N) is 1. The van der Waals surface area contributed by atoms with Crippen molar-refractivity contribution in [3.63, 3.8) is 0 Å². The molecule has 1 rings (SSSR count). The van der Waals surface area contributed by atoms with E-state index < -0.39 is 0 Å². The maximum absolute atomic E-state index is 8.64. The summed E-state index contributed by atoms with van der Waals surface area (Å²) < 4.78 is 0. The molecule has 0 fully saturated rings. The Kier molecular flexibility index (Phi) is 6.00. The van der Waals surface area contributed by atoms with Crippen molar-refractivity contribution in [1.82, 2.24) is 4.90 Å². The first-order valence-corrected chi connectivity index (χ1v) is 6.82. The standard InChI is InChI=1S/C12H21N3OS/c1-3-10(8-12(13)14-16)15(4-2)9-11-6-5-7-17-11/h5-7,10,16H,3-4,8-9H2,1-2H3,(H2,13,14). The first kappa shape index (κ1) is 14.0. The summed E-state index contributed by atoms with van der Waals surface area (Å²) in [6.07, 6.45) is 1.61. The molecular weight excluding hydrogens is 234 g/mol. The Morgan fingerprint density at radius 1 is 1.59 bits per heavy atom. The van der Waals surface area contributed by atoms with Crippen LogP contribution in [-0.2, 0) is 6.54 Å². The van der Waals surface area contributed by atoms with Crippen molar-refractivity contribution in [2.24, 2.45) is 10.9 Å². The molecule has 0 aliphatic carbocycles. The van der Waals surface area contributed by atoms with E-state index in [0.717, 1.165) is 19.5 Å². The number of rotatable bonds is 7. The zero-order chi connectivity index (χ0) is 12.7. The van der Waals surface area contributed by atoms with Crippen molar-refractivity contribution in [1.29, 1.82) is 0 Å². The van der Waals surface area contributed by atoms with Crippen molar-refractivity contribution in [3.05, 3.63) is 22.4 Å². The SMILES string of the molecule is CCC(C/C(N)=N/O)N(CC)Cc1cccs1. The molecule has 0 aliphatic rings. The Labute approximate surface area is 107 Å². The van der Waals surface area contributed by atoms with E-state index in [4.69, 9.17) is 10.9 Å². The molecular formula is C12H21N3OS. The summed E-state index contributed by atoms with van der Waals surface area (Å²) in [5.74, 6) is 0.307. The minimum absolute atomic E-state index is 0.307. The highest BCUT2D eigenvalue weighted by Crippen LogP contribution is 2.16. The second kappa shape index (κ2) is 7.29. The molecule has 1 heterocycles. The van der Waals surface area contributed by atoms with E-state index in [1.54, 1.807) is 11.3 Å². The van der Waals surface area contributed by atoms with Gasteiger partial charge in [-0.1, -0.05) is 25.1 Å². The molecule has 0 saturated carbocycles. The molecule has 0 spiro atoms. The molecule has 3 N–H and O–H groups in total. The average molecular weight is 255 g/mol. The minimum atomic E-state index is 0.307. The van der Waals surface area contributed by atoms with E-state index in [2.05, 4.69) is 41.4 Å². The third-order valence-electron chi connectivity index (χ3n) is 2.91. The quantitative estimate of drug-likeness (QED) is 0.340. The molecule has 1 aromatic rings. The molecule has 0 radical (unpaired) electrons. The summed E-state index contributed by atoms with van der Waals surface area (Å²) in [6.45, 7) is 6.18. The van der Waals surface area contributed by atoms with Gasteiger partial charge in [0.25, 0.3) is 0 Å². The smallest absolute Gasteiger partial charge is 0.140 e. The predicted molar refractivity (Wildman–Crippen MR) is 72.5 cm³/mol. The van der Waals surface area contributed by atoms with Crippen LogP contribution in [-0.4, -0.2) is 28.5 Å². The van der Waals surface area contributed by atoms with Gasteiger partial charge in [0.1, 0.15) is 5.84 Å². The number of oxime groups is 1. The summed E-state index contributed by atoms with van der Waals surface area (Å²) in [6, 6.07) is 4.54. The minimum Gasteiger partial charge on any atom is -0.409 e. The number of nitrogens with zero attached hydrogens (tertiary/aromatic N) is 2. The van der Waals surface area contributed by atoms with Gasteiger partial charge in [-0.3, -0.25) is 4.90 Å². The van der Waals surface area contributed by atoms with Crippen LogP contribution in [0.4, 0.5) is 0 Å².